The molecule has 0 saturated carbocycles. The molecule has 0 aliphatic carbocycles. The fraction of sp³-hybridized carbons (Fsp3) is 0.533. The van der Waals surface area contributed by atoms with Crippen LogP contribution in [0.15, 0.2) is 28.4 Å². The average molecular weight is 354 g/mol. The summed E-state index contributed by atoms with van der Waals surface area (Å²) in [5.74, 6) is 0. The van der Waals surface area contributed by atoms with Crippen LogP contribution >= 0.6 is 27.3 Å². The molecule has 2 aromatic heterocycles. The van der Waals surface area contributed by atoms with E-state index in [0.717, 1.165) is 13.0 Å². The molecule has 5 heteroatoms. The molecule has 1 aliphatic heterocycles. The van der Waals surface area contributed by atoms with Crippen LogP contribution in [-0.4, -0.2) is 15.6 Å². The maximum atomic E-state index is 4.36. The molecule has 3 rings (SSSR count). The van der Waals surface area contributed by atoms with Gasteiger partial charge in [0, 0.05) is 29.7 Å². The van der Waals surface area contributed by atoms with Gasteiger partial charge >= 0.3 is 0 Å². The van der Waals surface area contributed by atoms with Gasteiger partial charge in [-0.1, -0.05) is 0 Å². The Labute approximate surface area is 132 Å². The second kappa shape index (κ2) is 6.41. The predicted molar refractivity (Wildman–Crippen MR) is 87.1 cm³/mol. The van der Waals surface area contributed by atoms with Crippen molar-refractivity contribution < 1.29 is 0 Å². The minimum atomic E-state index is 0.469. The van der Waals surface area contributed by atoms with Gasteiger partial charge in [-0.2, -0.15) is 0 Å². The molecule has 20 heavy (non-hydrogen) atoms. The van der Waals surface area contributed by atoms with Crippen molar-refractivity contribution in [2.45, 2.75) is 51.2 Å². The normalized spacial score (nSPS) is 23.1. The van der Waals surface area contributed by atoms with Crippen molar-refractivity contribution in [3.63, 3.8) is 0 Å². The lowest BCUT2D eigenvalue weighted by Gasteiger charge is -2.29. The molecule has 108 valence electrons. The van der Waals surface area contributed by atoms with Crippen molar-refractivity contribution >= 4 is 27.3 Å². The number of imidazole rings is 1. The molecule has 2 atom stereocenters. The number of piperidine rings is 1. The van der Waals surface area contributed by atoms with Gasteiger partial charge in [0.05, 0.1) is 15.8 Å². The number of hydrogen-bond donors (Lipinski definition) is 1. The lowest BCUT2D eigenvalue weighted by molar-refractivity contribution is 0.329. The number of hydrogen-bond acceptors (Lipinski definition) is 3. The summed E-state index contributed by atoms with van der Waals surface area (Å²) >= 11 is 5.34. The molecule has 0 radical (unpaired) electrons. The van der Waals surface area contributed by atoms with Crippen LogP contribution in [0.3, 0.4) is 0 Å². The Balaban J connectivity index is 1.67. The molecular weight excluding hydrogens is 334 g/mol. The maximum Gasteiger partial charge on any atom is 0.0948 e. The molecule has 0 aromatic carbocycles. The van der Waals surface area contributed by atoms with Gasteiger partial charge in [0.25, 0.3) is 0 Å². The van der Waals surface area contributed by atoms with Gasteiger partial charge in [-0.3, -0.25) is 0 Å². The molecule has 0 amide bonds. The molecule has 0 bridgehead atoms. The van der Waals surface area contributed by atoms with Crippen molar-refractivity contribution in [2.24, 2.45) is 0 Å². The van der Waals surface area contributed by atoms with E-state index >= 15 is 0 Å². The third-order valence-corrected chi connectivity index (χ3v) is 5.63. The van der Waals surface area contributed by atoms with Crippen LogP contribution in [-0.2, 0) is 13.0 Å². The molecule has 2 unspecified atom stereocenters. The van der Waals surface area contributed by atoms with Crippen molar-refractivity contribution in [3.05, 3.63) is 39.0 Å². The summed E-state index contributed by atoms with van der Waals surface area (Å²) in [6, 6.07) is 5.41. The van der Waals surface area contributed by atoms with Gasteiger partial charge in [0.1, 0.15) is 0 Å². The van der Waals surface area contributed by atoms with Crippen LogP contribution in [0.25, 0.3) is 0 Å². The SMILES string of the molecule is CC1CCCC(c2cncn2CCc2ccc(Br)s2)N1. The number of rotatable bonds is 4. The molecule has 1 aliphatic rings. The van der Waals surface area contributed by atoms with Crippen LogP contribution in [0, 0.1) is 0 Å². The largest absolute Gasteiger partial charge is 0.333 e. The second-order valence-electron chi connectivity index (χ2n) is 5.52. The van der Waals surface area contributed by atoms with Crippen molar-refractivity contribution in [3.8, 4) is 0 Å². The number of aromatic nitrogens is 2. The number of thiophene rings is 1. The Kier molecular flexibility index (Phi) is 4.58. The number of nitrogens with zero attached hydrogens (tertiary/aromatic N) is 2. The molecule has 1 saturated heterocycles. The summed E-state index contributed by atoms with van der Waals surface area (Å²) in [6.45, 7) is 3.28. The Morgan fingerprint density at radius 2 is 2.35 bits per heavy atom. The van der Waals surface area contributed by atoms with E-state index in [0.29, 0.717) is 12.1 Å². The summed E-state index contributed by atoms with van der Waals surface area (Å²) in [6.07, 6.45) is 8.89. The number of halogens is 1. The topological polar surface area (TPSA) is 29.9 Å². The minimum Gasteiger partial charge on any atom is -0.333 e. The van der Waals surface area contributed by atoms with E-state index in [-0.39, 0.29) is 0 Å². The highest BCUT2D eigenvalue weighted by molar-refractivity contribution is 9.11. The lowest BCUT2D eigenvalue weighted by atomic mass is 9.97. The lowest BCUT2D eigenvalue weighted by Crippen LogP contribution is -2.35. The predicted octanol–water partition coefficient (Wildman–Crippen LogP) is 4.15. The number of aryl methyl sites for hydroxylation is 2. The Bertz CT molecular complexity index is 563. The maximum absolute atomic E-state index is 4.36. The highest BCUT2D eigenvalue weighted by Crippen LogP contribution is 2.26. The Morgan fingerprint density at radius 3 is 3.10 bits per heavy atom. The summed E-state index contributed by atoms with van der Waals surface area (Å²) < 4.78 is 3.52. The highest BCUT2D eigenvalue weighted by Gasteiger charge is 2.21. The smallest absolute Gasteiger partial charge is 0.0948 e. The van der Waals surface area contributed by atoms with E-state index < -0.39 is 0 Å². The fourth-order valence-corrected chi connectivity index (χ4v) is 4.37. The zero-order valence-electron chi connectivity index (χ0n) is 11.7. The average Bonchev–Trinajstić information content (AvgIpc) is 3.05. The van der Waals surface area contributed by atoms with Crippen LogP contribution in [0.1, 0.15) is 42.8 Å². The standard InChI is InChI=1S/C15H20BrN3S/c1-11-3-2-4-13(18-11)14-9-17-10-19(14)8-7-12-5-6-15(16)20-12/h5-6,9-11,13,18H,2-4,7-8H2,1H3. The van der Waals surface area contributed by atoms with Crippen molar-refractivity contribution in [1.82, 2.24) is 14.9 Å². The number of nitrogens with one attached hydrogen (secondary N) is 1. The first-order chi connectivity index (χ1) is 9.72. The minimum absolute atomic E-state index is 0.469. The van der Waals surface area contributed by atoms with E-state index in [1.807, 2.05) is 23.9 Å². The summed E-state index contributed by atoms with van der Waals surface area (Å²) in [7, 11) is 0. The third kappa shape index (κ3) is 3.32. The molecule has 1 N–H and O–H groups in total. The highest BCUT2D eigenvalue weighted by atomic mass is 79.9. The van der Waals surface area contributed by atoms with Crippen LogP contribution in [0.2, 0.25) is 0 Å². The molecule has 3 nitrogen and oxygen atoms in total. The van der Waals surface area contributed by atoms with E-state index in [2.05, 4.69) is 49.9 Å². The van der Waals surface area contributed by atoms with Gasteiger partial charge in [0.2, 0.25) is 0 Å². The van der Waals surface area contributed by atoms with Crippen molar-refractivity contribution in [1.29, 1.82) is 0 Å². The summed E-state index contributed by atoms with van der Waals surface area (Å²) in [5, 5.41) is 3.70. The quantitative estimate of drug-likeness (QED) is 0.894. The first kappa shape index (κ1) is 14.3. The molecule has 3 heterocycles. The van der Waals surface area contributed by atoms with E-state index in [1.54, 1.807) is 0 Å². The molecule has 0 spiro atoms. The van der Waals surface area contributed by atoms with Gasteiger partial charge in [-0.05, 0) is 60.7 Å². The van der Waals surface area contributed by atoms with Crippen LogP contribution in [0.4, 0.5) is 0 Å². The first-order valence-electron chi connectivity index (χ1n) is 7.22. The summed E-state index contributed by atoms with van der Waals surface area (Å²) in [5.41, 5.74) is 1.34. The van der Waals surface area contributed by atoms with E-state index in [4.69, 9.17) is 0 Å². The summed E-state index contributed by atoms with van der Waals surface area (Å²) in [4.78, 5) is 5.78. The third-order valence-electron chi connectivity index (χ3n) is 3.95. The Hall–Kier alpha value is -0.650. The molecule has 2 aromatic rings. The van der Waals surface area contributed by atoms with Gasteiger partial charge in [-0.25, -0.2) is 4.98 Å². The van der Waals surface area contributed by atoms with Crippen molar-refractivity contribution in [2.75, 3.05) is 0 Å². The van der Waals surface area contributed by atoms with Crippen LogP contribution < -0.4 is 5.32 Å². The van der Waals surface area contributed by atoms with E-state index in [1.165, 1.54) is 33.6 Å². The van der Waals surface area contributed by atoms with Gasteiger partial charge < -0.3 is 9.88 Å². The Morgan fingerprint density at radius 1 is 1.45 bits per heavy atom. The fourth-order valence-electron chi connectivity index (χ4n) is 2.90. The van der Waals surface area contributed by atoms with Gasteiger partial charge in [-0.15, -0.1) is 11.3 Å². The first-order valence-corrected chi connectivity index (χ1v) is 8.83. The molecule has 1 fully saturated rings. The molecular formula is C15H20BrN3S. The van der Waals surface area contributed by atoms with Gasteiger partial charge in [0.15, 0.2) is 0 Å². The van der Waals surface area contributed by atoms with E-state index in [9.17, 15) is 0 Å². The monoisotopic (exact) mass is 353 g/mol. The zero-order valence-corrected chi connectivity index (χ0v) is 14.1. The second-order valence-corrected chi connectivity index (χ2v) is 8.07. The zero-order chi connectivity index (χ0) is 13.9. The van der Waals surface area contributed by atoms with Crippen LogP contribution in [0.5, 0.6) is 0 Å².